The van der Waals surface area contributed by atoms with Gasteiger partial charge in [0.15, 0.2) is 5.78 Å². The summed E-state index contributed by atoms with van der Waals surface area (Å²) < 4.78 is 44.1. The number of pyridine rings is 1. The van der Waals surface area contributed by atoms with Gasteiger partial charge in [-0.2, -0.15) is 13.2 Å². The molecule has 2 fully saturated rings. The minimum Gasteiger partial charge on any atom is -0.444 e. The molecule has 0 radical (unpaired) electrons. The largest absolute Gasteiger partial charge is 0.444 e. The van der Waals surface area contributed by atoms with Crippen LogP contribution in [0.1, 0.15) is 62.4 Å². The average Bonchev–Trinajstić information content (AvgIpc) is 2.82. The molecule has 8 heteroatoms. The van der Waals surface area contributed by atoms with Gasteiger partial charge in [-0.3, -0.25) is 9.78 Å². The Bertz CT molecular complexity index is 728. The maximum absolute atomic E-state index is 12.9. The number of ether oxygens (including phenoxy) is 1. The highest BCUT2D eigenvalue weighted by Gasteiger charge is 2.46. The molecule has 1 aromatic heterocycles. The summed E-state index contributed by atoms with van der Waals surface area (Å²) in [6.07, 6.45) is -0.617. The molecule has 2 atom stereocenters. The van der Waals surface area contributed by atoms with E-state index in [4.69, 9.17) is 4.74 Å². The van der Waals surface area contributed by atoms with Crippen LogP contribution in [-0.2, 0) is 10.9 Å². The van der Waals surface area contributed by atoms with Crippen molar-refractivity contribution in [3.63, 3.8) is 0 Å². The van der Waals surface area contributed by atoms with E-state index >= 15 is 0 Å². The fourth-order valence-electron chi connectivity index (χ4n) is 3.97. The lowest BCUT2D eigenvalue weighted by Crippen LogP contribution is -2.49. The third-order valence-electron chi connectivity index (χ3n) is 5.06. The van der Waals surface area contributed by atoms with Crippen LogP contribution < -0.4 is 0 Å². The van der Waals surface area contributed by atoms with E-state index in [0.29, 0.717) is 19.0 Å². The lowest BCUT2D eigenvalue weighted by Gasteiger charge is -2.39. The molecule has 3 rings (SSSR count). The van der Waals surface area contributed by atoms with Crippen LogP contribution in [0.25, 0.3) is 0 Å². The first kappa shape index (κ1) is 19.6. The summed E-state index contributed by atoms with van der Waals surface area (Å²) in [6, 6.07) is 0.620. The Hall–Kier alpha value is -2.12. The summed E-state index contributed by atoms with van der Waals surface area (Å²) in [5.74, 6) is -0.749. The molecule has 2 bridgehead atoms. The van der Waals surface area contributed by atoms with E-state index < -0.39 is 23.3 Å². The normalized spacial score (nSPS) is 25.4. The Labute approximate surface area is 155 Å². The molecule has 0 aromatic carbocycles. The van der Waals surface area contributed by atoms with Crippen molar-refractivity contribution in [2.45, 2.75) is 70.3 Å². The Balaban J connectivity index is 1.73. The first-order chi connectivity index (χ1) is 12.5. The summed E-state index contributed by atoms with van der Waals surface area (Å²) >= 11 is 0. The molecule has 1 amide bonds. The maximum atomic E-state index is 12.9. The van der Waals surface area contributed by atoms with E-state index in [0.717, 1.165) is 18.9 Å². The summed E-state index contributed by atoms with van der Waals surface area (Å²) in [4.78, 5) is 30.5. The second-order valence-corrected chi connectivity index (χ2v) is 8.27. The van der Waals surface area contributed by atoms with E-state index in [1.807, 2.05) is 0 Å². The number of piperidine rings is 1. The number of alkyl halides is 3. The number of hydrogen-bond acceptors (Lipinski definition) is 4. The molecular formula is C19H23F3N2O3. The van der Waals surface area contributed by atoms with Gasteiger partial charge in [0.25, 0.3) is 0 Å². The first-order valence-corrected chi connectivity index (χ1v) is 9.03. The van der Waals surface area contributed by atoms with Crippen molar-refractivity contribution >= 4 is 11.9 Å². The monoisotopic (exact) mass is 384 g/mol. The topological polar surface area (TPSA) is 59.5 Å². The van der Waals surface area contributed by atoms with Crippen LogP contribution in [-0.4, -0.2) is 39.4 Å². The second-order valence-electron chi connectivity index (χ2n) is 8.27. The molecule has 5 nitrogen and oxygen atoms in total. The number of carbonyl (C=O) groups is 2. The molecule has 0 N–H and O–H groups in total. The van der Waals surface area contributed by atoms with E-state index in [1.54, 1.807) is 25.7 Å². The molecule has 1 aromatic rings. The molecule has 3 heterocycles. The molecule has 0 spiro atoms. The van der Waals surface area contributed by atoms with E-state index in [1.165, 1.54) is 6.20 Å². The molecule has 148 valence electrons. The van der Waals surface area contributed by atoms with Gasteiger partial charge in [0, 0.05) is 36.0 Å². The predicted molar refractivity (Wildman–Crippen MR) is 91.2 cm³/mol. The quantitative estimate of drug-likeness (QED) is 0.707. The number of halogens is 3. The van der Waals surface area contributed by atoms with Gasteiger partial charge in [0.05, 0.1) is 5.56 Å². The number of rotatable bonds is 2. The van der Waals surface area contributed by atoms with Crippen molar-refractivity contribution in [1.82, 2.24) is 9.88 Å². The number of carbonyl (C=O) groups excluding carboxylic acids is 2. The Morgan fingerprint density at radius 1 is 1.11 bits per heavy atom. The van der Waals surface area contributed by atoms with Gasteiger partial charge in [-0.15, -0.1) is 0 Å². The van der Waals surface area contributed by atoms with E-state index in [2.05, 4.69) is 4.98 Å². The van der Waals surface area contributed by atoms with Gasteiger partial charge in [0.1, 0.15) is 5.60 Å². The number of nitrogens with zero attached hydrogens (tertiary/aromatic N) is 2. The SMILES string of the molecule is CC(C)(C)OC(=O)N1C2CCC1CC(C(=O)c1cncc(C(F)(F)F)c1)C2. The minimum absolute atomic E-state index is 0.0278. The fraction of sp³-hybridized carbons (Fsp3) is 0.632. The van der Waals surface area contributed by atoms with Crippen LogP contribution in [0.3, 0.4) is 0 Å². The van der Waals surface area contributed by atoms with Crippen LogP contribution >= 0.6 is 0 Å². The van der Waals surface area contributed by atoms with Crippen LogP contribution in [0.2, 0.25) is 0 Å². The standard InChI is InChI=1S/C19H23F3N2O3/c1-18(2,3)27-17(26)24-14-4-5-15(24)8-11(7-14)16(25)12-6-13(10-23-9-12)19(20,21)22/h6,9-11,14-15H,4-5,7-8H2,1-3H3. The van der Waals surface area contributed by atoms with Crippen LogP contribution in [0.15, 0.2) is 18.5 Å². The summed E-state index contributed by atoms with van der Waals surface area (Å²) in [5, 5.41) is 0. The van der Waals surface area contributed by atoms with Gasteiger partial charge < -0.3 is 9.64 Å². The highest BCUT2D eigenvalue weighted by Crippen LogP contribution is 2.41. The van der Waals surface area contributed by atoms with Gasteiger partial charge in [-0.1, -0.05) is 0 Å². The molecule has 2 aliphatic heterocycles. The Morgan fingerprint density at radius 2 is 1.70 bits per heavy atom. The fourth-order valence-corrected chi connectivity index (χ4v) is 3.97. The lowest BCUT2D eigenvalue weighted by atomic mass is 9.85. The second kappa shape index (κ2) is 6.80. The summed E-state index contributed by atoms with van der Waals surface area (Å²) in [7, 11) is 0. The van der Waals surface area contributed by atoms with E-state index in [-0.39, 0.29) is 29.5 Å². The number of aromatic nitrogens is 1. The van der Waals surface area contributed by atoms with Crippen LogP contribution in [0, 0.1) is 5.92 Å². The predicted octanol–water partition coefficient (Wildman–Crippen LogP) is 4.46. The highest BCUT2D eigenvalue weighted by molar-refractivity contribution is 5.98. The maximum Gasteiger partial charge on any atom is 0.417 e. The summed E-state index contributed by atoms with van der Waals surface area (Å²) in [5.41, 5.74) is -1.56. The zero-order valence-corrected chi connectivity index (χ0v) is 15.5. The summed E-state index contributed by atoms with van der Waals surface area (Å²) in [6.45, 7) is 5.39. The smallest absolute Gasteiger partial charge is 0.417 e. The van der Waals surface area contributed by atoms with Crippen LogP contribution in [0.5, 0.6) is 0 Å². The number of Topliss-reactive ketones (excluding diaryl/α,β-unsaturated/α-hetero) is 1. The molecule has 2 aliphatic rings. The molecular weight excluding hydrogens is 361 g/mol. The van der Waals surface area contributed by atoms with Gasteiger partial charge in [-0.25, -0.2) is 4.79 Å². The van der Waals surface area contributed by atoms with Gasteiger partial charge >= 0.3 is 12.3 Å². The number of hydrogen-bond donors (Lipinski definition) is 0. The third-order valence-corrected chi connectivity index (χ3v) is 5.06. The number of fused-ring (bicyclic) bond motifs is 2. The zero-order chi connectivity index (χ0) is 20.0. The Kier molecular flexibility index (Phi) is 4.94. The van der Waals surface area contributed by atoms with Crippen molar-refractivity contribution < 1.29 is 27.5 Å². The van der Waals surface area contributed by atoms with Crippen molar-refractivity contribution in [2.24, 2.45) is 5.92 Å². The molecule has 0 aliphatic carbocycles. The number of amides is 1. The third kappa shape index (κ3) is 4.25. The van der Waals surface area contributed by atoms with E-state index in [9.17, 15) is 22.8 Å². The number of ketones is 1. The molecule has 2 unspecified atom stereocenters. The average molecular weight is 384 g/mol. The Morgan fingerprint density at radius 3 is 2.22 bits per heavy atom. The van der Waals surface area contributed by atoms with Crippen molar-refractivity contribution in [3.8, 4) is 0 Å². The molecule has 27 heavy (non-hydrogen) atoms. The van der Waals surface area contributed by atoms with Gasteiger partial charge in [-0.05, 0) is 52.5 Å². The first-order valence-electron chi connectivity index (χ1n) is 9.03. The lowest BCUT2D eigenvalue weighted by molar-refractivity contribution is -0.137. The molecule has 0 saturated carbocycles. The van der Waals surface area contributed by atoms with Crippen molar-refractivity contribution in [2.75, 3.05) is 0 Å². The zero-order valence-electron chi connectivity index (χ0n) is 15.5. The van der Waals surface area contributed by atoms with Crippen molar-refractivity contribution in [1.29, 1.82) is 0 Å². The minimum atomic E-state index is -4.54. The molecule has 2 saturated heterocycles. The van der Waals surface area contributed by atoms with Gasteiger partial charge in [0.2, 0.25) is 0 Å². The highest BCUT2D eigenvalue weighted by atomic mass is 19.4. The van der Waals surface area contributed by atoms with Crippen LogP contribution in [0.4, 0.5) is 18.0 Å². The van der Waals surface area contributed by atoms with Crippen molar-refractivity contribution in [3.05, 3.63) is 29.6 Å².